The van der Waals surface area contributed by atoms with Crippen LogP contribution < -0.4 is 10.3 Å². The van der Waals surface area contributed by atoms with Crippen molar-refractivity contribution in [1.82, 2.24) is 14.0 Å². The van der Waals surface area contributed by atoms with Gasteiger partial charge in [-0.25, -0.2) is 4.98 Å². The first-order valence-electron chi connectivity index (χ1n) is 7.97. The molecule has 124 valence electrons. The molecule has 4 aromatic rings. The maximum Gasteiger partial charge on any atom is 0.298 e. The zero-order valence-corrected chi connectivity index (χ0v) is 14.0. The quantitative estimate of drug-likeness (QED) is 0.577. The number of nitrogens with zero attached hydrogens (tertiary/aromatic N) is 3. The zero-order valence-electron chi connectivity index (χ0n) is 14.0. The molecule has 0 aliphatic heterocycles. The summed E-state index contributed by atoms with van der Waals surface area (Å²) in [6.45, 7) is 2.04. The van der Waals surface area contributed by atoms with Gasteiger partial charge in [0, 0.05) is 29.8 Å². The zero-order chi connectivity index (χ0) is 17.4. The van der Waals surface area contributed by atoms with Gasteiger partial charge in [-0.1, -0.05) is 29.8 Å². The normalized spacial score (nSPS) is 11.0. The summed E-state index contributed by atoms with van der Waals surface area (Å²) in [4.78, 5) is 17.4. The number of ether oxygens (including phenoxy) is 1. The molecule has 5 heteroatoms. The summed E-state index contributed by atoms with van der Waals surface area (Å²) in [7, 11) is 1.62. The number of imidazole rings is 1. The first-order chi connectivity index (χ1) is 12.2. The molecule has 0 atom stereocenters. The third kappa shape index (κ3) is 2.70. The van der Waals surface area contributed by atoms with Gasteiger partial charge in [-0.3, -0.25) is 9.36 Å². The van der Waals surface area contributed by atoms with Gasteiger partial charge >= 0.3 is 0 Å². The van der Waals surface area contributed by atoms with E-state index in [2.05, 4.69) is 4.98 Å². The minimum atomic E-state index is -0.161. The number of aryl methyl sites for hydroxylation is 1. The molecule has 0 unspecified atom stereocenters. The third-order valence-electron chi connectivity index (χ3n) is 4.22. The van der Waals surface area contributed by atoms with Crippen LogP contribution in [0, 0.1) is 6.92 Å². The van der Waals surface area contributed by atoms with Crippen LogP contribution in [0.2, 0.25) is 0 Å². The predicted octanol–water partition coefficient (Wildman–Crippen LogP) is 3.47. The van der Waals surface area contributed by atoms with Gasteiger partial charge in [-0.2, -0.15) is 0 Å². The Bertz CT molecular complexity index is 1090. The van der Waals surface area contributed by atoms with Crippen LogP contribution in [0.3, 0.4) is 0 Å². The lowest BCUT2D eigenvalue weighted by atomic mass is 10.1. The summed E-state index contributed by atoms with van der Waals surface area (Å²) in [5.74, 6) is 0.750. The number of fused-ring (bicyclic) bond motifs is 1. The summed E-state index contributed by atoms with van der Waals surface area (Å²) >= 11 is 0. The Morgan fingerprint density at radius 2 is 1.68 bits per heavy atom. The highest BCUT2D eigenvalue weighted by Crippen LogP contribution is 2.19. The van der Waals surface area contributed by atoms with Crippen molar-refractivity contribution in [2.24, 2.45) is 0 Å². The molecule has 0 bridgehead atoms. The highest BCUT2D eigenvalue weighted by atomic mass is 16.5. The number of hydrogen-bond donors (Lipinski definition) is 0. The van der Waals surface area contributed by atoms with Crippen molar-refractivity contribution in [3.8, 4) is 22.7 Å². The SMILES string of the molecule is COc1ccc(-n2ccn3cc(-c4ccc(C)cc4)nc3c2=O)cc1. The molecule has 0 aliphatic rings. The Balaban J connectivity index is 1.82. The second kappa shape index (κ2) is 5.94. The van der Waals surface area contributed by atoms with Gasteiger partial charge in [0.05, 0.1) is 12.8 Å². The molecule has 5 nitrogen and oxygen atoms in total. The molecule has 0 saturated heterocycles. The summed E-state index contributed by atoms with van der Waals surface area (Å²) in [5, 5.41) is 0. The Morgan fingerprint density at radius 3 is 2.36 bits per heavy atom. The van der Waals surface area contributed by atoms with Gasteiger partial charge in [0.15, 0.2) is 0 Å². The highest BCUT2D eigenvalue weighted by molar-refractivity contribution is 5.62. The highest BCUT2D eigenvalue weighted by Gasteiger charge is 2.10. The van der Waals surface area contributed by atoms with Crippen molar-refractivity contribution in [1.29, 1.82) is 0 Å². The van der Waals surface area contributed by atoms with Crippen LogP contribution in [0.5, 0.6) is 5.75 Å². The van der Waals surface area contributed by atoms with E-state index in [1.165, 1.54) is 5.56 Å². The van der Waals surface area contributed by atoms with E-state index in [4.69, 9.17) is 4.74 Å². The topological polar surface area (TPSA) is 48.5 Å². The fourth-order valence-corrected chi connectivity index (χ4v) is 2.79. The molecular formula is C20H17N3O2. The third-order valence-corrected chi connectivity index (χ3v) is 4.22. The number of benzene rings is 2. The Kier molecular flexibility index (Phi) is 3.61. The van der Waals surface area contributed by atoms with Gasteiger partial charge in [0.2, 0.25) is 5.65 Å². The van der Waals surface area contributed by atoms with Crippen molar-refractivity contribution in [3.05, 3.63) is 83.0 Å². The lowest BCUT2D eigenvalue weighted by Gasteiger charge is -2.06. The summed E-state index contributed by atoms with van der Waals surface area (Å²) < 4.78 is 8.51. The van der Waals surface area contributed by atoms with Crippen LogP contribution in [0.4, 0.5) is 0 Å². The molecule has 2 aromatic carbocycles. The van der Waals surface area contributed by atoms with Gasteiger partial charge in [0.25, 0.3) is 5.56 Å². The van der Waals surface area contributed by atoms with Gasteiger partial charge < -0.3 is 9.14 Å². The number of methoxy groups -OCH3 is 1. The monoisotopic (exact) mass is 331 g/mol. The maximum atomic E-state index is 12.8. The Hall–Kier alpha value is -3.34. The molecular weight excluding hydrogens is 314 g/mol. The fraction of sp³-hybridized carbons (Fsp3) is 0.100. The van der Waals surface area contributed by atoms with Crippen LogP contribution in [0.15, 0.2) is 71.9 Å². The van der Waals surface area contributed by atoms with Crippen molar-refractivity contribution in [3.63, 3.8) is 0 Å². The predicted molar refractivity (Wildman–Crippen MR) is 97.5 cm³/mol. The van der Waals surface area contributed by atoms with Crippen LogP contribution in [-0.4, -0.2) is 21.1 Å². The van der Waals surface area contributed by atoms with Crippen molar-refractivity contribution >= 4 is 5.65 Å². The molecule has 0 amide bonds. The van der Waals surface area contributed by atoms with Gasteiger partial charge in [-0.05, 0) is 31.2 Å². The van der Waals surface area contributed by atoms with E-state index in [0.717, 1.165) is 22.7 Å². The Labute approximate surface area is 144 Å². The molecule has 0 aliphatic carbocycles. The number of aromatic nitrogens is 3. The van der Waals surface area contributed by atoms with Crippen LogP contribution >= 0.6 is 0 Å². The first kappa shape index (κ1) is 15.2. The average Bonchev–Trinajstić information content (AvgIpc) is 3.08. The Morgan fingerprint density at radius 1 is 0.960 bits per heavy atom. The van der Waals surface area contributed by atoms with Crippen molar-refractivity contribution in [2.45, 2.75) is 6.92 Å². The van der Waals surface area contributed by atoms with E-state index >= 15 is 0 Å². The van der Waals surface area contributed by atoms with E-state index < -0.39 is 0 Å². The van der Waals surface area contributed by atoms with Gasteiger partial charge in [-0.15, -0.1) is 0 Å². The number of rotatable bonds is 3. The minimum Gasteiger partial charge on any atom is -0.497 e. The van der Waals surface area contributed by atoms with E-state index in [9.17, 15) is 4.79 Å². The summed E-state index contributed by atoms with van der Waals surface area (Å²) in [6.07, 6.45) is 5.46. The van der Waals surface area contributed by atoms with E-state index in [0.29, 0.717) is 5.65 Å². The van der Waals surface area contributed by atoms with Gasteiger partial charge in [0.1, 0.15) is 5.75 Å². The van der Waals surface area contributed by atoms with Crippen molar-refractivity contribution < 1.29 is 4.74 Å². The van der Waals surface area contributed by atoms with Crippen LogP contribution in [0.25, 0.3) is 22.6 Å². The fourth-order valence-electron chi connectivity index (χ4n) is 2.79. The lowest BCUT2D eigenvalue weighted by molar-refractivity contribution is 0.414. The van der Waals surface area contributed by atoms with Crippen LogP contribution in [0.1, 0.15) is 5.56 Å². The second-order valence-electron chi connectivity index (χ2n) is 5.89. The van der Waals surface area contributed by atoms with E-state index in [-0.39, 0.29) is 5.56 Å². The molecule has 0 fully saturated rings. The summed E-state index contributed by atoms with van der Waals surface area (Å²) in [5.41, 5.74) is 3.97. The molecule has 4 rings (SSSR count). The first-order valence-corrected chi connectivity index (χ1v) is 7.97. The maximum absolute atomic E-state index is 12.8. The average molecular weight is 331 g/mol. The molecule has 0 saturated carbocycles. The molecule has 0 N–H and O–H groups in total. The minimum absolute atomic E-state index is 0.161. The standard InChI is InChI=1S/C20H17N3O2/c1-14-3-5-15(6-4-14)18-13-22-11-12-23(20(24)19(22)21-18)16-7-9-17(25-2)10-8-16/h3-13H,1-2H3. The second-order valence-corrected chi connectivity index (χ2v) is 5.89. The molecule has 0 spiro atoms. The smallest absolute Gasteiger partial charge is 0.298 e. The molecule has 0 radical (unpaired) electrons. The molecule has 25 heavy (non-hydrogen) atoms. The summed E-state index contributed by atoms with van der Waals surface area (Å²) in [6, 6.07) is 15.5. The van der Waals surface area contributed by atoms with E-state index in [1.807, 2.05) is 67.8 Å². The van der Waals surface area contributed by atoms with E-state index in [1.54, 1.807) is 22.3 Å². The number of hydrogen-bond acceptors (Lipinski definition) is 3. The van der Waals surface area contributed by atoms with Crippen molar-refractivity contribution in [2.75, 3.05) is 7.11 Å². The molecule has 2 aromatic heterocycles. The molecule has 2 heterocycles. The van der Waals surface area contributed by atoms with Crippen LogP contribution in [-0.2, 0) is 0 Å². The largest absolute Gasteiger partial charge is 0.497 e. The lowest BCUT2D eigenvalue weighted by Crippen LogP contribution is -2.19.